The maximum absolute atomic E-state index is 14.0. The summed E-state index contributed by atoms with van der Waals surface area (Å²) in [4.78, 5) is 15.7. The highest BCUT2D eigenvalue weighted by Gasteiger charge is 2.31. The van der Waals surface area contributed by atoms with Crippen LogP contribution in [0.4, 0.5) is 17.6 Å². The highest BCUT2D eigenvalue weighted by Crippen LogP contribution is 2.31. The molecule has 0 aliphatic heterocycles. The van der Waals surface area contributed by atoms with Gasteiger partial charge in [-0.1, -0.05) is 6.07 Å². The number of nitrogens with one attached hydrogen (secondary N) is 1. The summed E-state index contributed by atoms with van der Waals surface area (Å²) in [6.07, 6.45) is 2.64. The molecule has 7 nitrogen and oxygen atoms in total. The Bertz CT molecular complexity index is 1540. The molecule has 0 bridgehead atoms. The zero-order chi connectivity index (χ0) is 26.0. The van der Waals surface area contributed by atoms with Gasteiger partial charge in [0.2, 0.25) is 11.8 Å². The molecule has 5 aromatic rings. The molecule has 3 aromatic heterocycles. The van der Waals surface area contributed by atoms with Gasteiger partial charge >= 0.3 is 6.18 Å². The van der Waals surface area contributed by atoms with E-state index in [9.17, 15) is 17.6 Å². The number of oxazole rings is 2. The van der Waals surface area contributed by atoms with Crippen LogP contribution in [0.3, 0.4) is 0 Å². The van der Waals surface area contributed by atoms with E-state index in [2.05, 4.69) is 19.9 Å². The van der Waals surface area contributed by atoms with Crippen LogP contribution in [0.15, 0.2) is 70.1 Å². The Morgan fingerprint density at radius 3 is 2.57 bits per heavy atom. The van der Waals surface area contributed by atoms with Crippen molar-refractivity contribution in [2.45, 2.75) is 19.7 Å². The van der Waals surface area contributed by atoms with Crippen LogP contribution >= 0.6 is 0 Å². The van der Waals surface area contributed by atoms with Crippen molar-refractivity contribution < 1.29 is 31.1 Å². The molecule has 37 heavy (non-hydrogen) atoms. The summed E-state index contributed by atoms with van der Waals surface area (Å²) in [5.41, 5.74) is 1.64. The molecule has 0 aliphatic carbocycles. The van der Waals surface area contributed by atoms with Crippen LogP contribution in [-0.4, -0.2) is 19.9 Å². The van der Waals surface area contributed by atoms with Crippen molar-refractivity contribution >= 4 is 12.2 Å². The number of ether oxygens (including phenoxy) is 1. The number of rotatable bonds is 7. The predicted molar refractivity (Wildman–Crippen MR) is 125 cm³/mol. The maximum Gasteiger partial charge on any atom is 0.416 e. The quantitative estimate of drug-likeness (QED) is 0.239. The second-order valence-electron chi connectivity index (χ2n) is 7.96. The highest BCUT2D eigenvalue weighted by atomic mass is 19.4. The van der Waals surface area contributed by atoms with Gasteiger partial charge in [0.15, 0.2) is 5.76 Å². The fraction of sp³-hybridized carbons (Fsp3) is 0.115. The van der Waals surface area contributed by atoms with Gasteiger partial charge in [0.1, 0.15) is 35.8 Å². The predicted octanol–water partition coefficient (Wildman–Crippen LogP) is 6.94. The van der Waals surface area contributed by atoms with Gasteiger partial charge in [0.05, 0.1) is 23.8 Å². The molecule has 1 N–H and O–H groups in total. The fourth-order valence-electron chi connectivity index (χ4n) is 3.47. The molecule has 5 rings (SSSR count). The maximum atomic E-state index is 14.0. The number of nitrogens with zero attached hydrogens (tertiary/aromatic N) is 3. The first-order chi connectivity index (χ1) is 17.8. The summed E-state index contributed by atoms with van der Waals surface area (Å²) in [6.45, 7) is 1.95. The number of halogens is 4. The molecule has 0 unspecified atom stereocenters. The van der Waals surface area contributed by atoms with Crippen molar-refractivity contribution in [3.63, 3.8) is 0 Å². The first-order valence-corrected chi connectivity index (χ1v) is 10.9. The Kier molecular flexibility index (Phi) is 6.34. The van der Waals surface area contributed by atoms with Crippen LogP contribution < -0.4 is 4.74 Å². The van der Waals surface area contributed by atoms with Crippen molar-refractivity contribution in [2.24, 2.45) is 0 Å². The third kappa shape index (κ3) is 5.45. The summed E-state index contributed by atoms with van der Waals surface area (Å²) in [6, 6.07) is 9.45. The van der Waals surface area contributed by atoms with Crippen LogP contribution in [0.5, 0.6) is 5.75 Å². The Hall–Kier alpha value is -4.67. The van der Waals surface area contributed by atoms with Gasteiger partial charge < -0.3 is 18.6 Å². The molecule has 0 atom stereocenters. The molecular formula is C26H18F4N4O3. The minimum absolute atomic E-state index is 0.0259. The average molecular weight is 510 g/mol. The van der Waals surface area contributed by atoms with E-state index >= 15 is 0 Å². The van der Waals surface area contributed by atoms with E-state index in [0.29, 0.717) is 29.2 Å². The third-order valence-electron chi connectivity index (χ3n) is 5.33. The second kappa shape index (κ2) is 9.76. The SMILES string of the molecule is Cc1nc(-c2ccc(OCc3coc(C=Cc4ccc(C(F)(F)F)cc4F)n3)cc2)oc1-c1cnc[nH]1. The van der Waals surface area contributed by atoms with E-state index in [0.717, 1.165) is 29.1 Å². The molecule has 0 fully saturated rings. The molecule has 3 heterocycles. The Morgan fingerprint density at radius 1 is 1.05 bits per heavy atom. The van der Waals surface area contributed by atoms with Crippen molar-refractivity contribution in [3.05, 3.63) is 95.5 Å². The lowest BCUT2D eigenvalue weighted by molar-refractivity contribution is -0.137. The zero-order valence-electron chi connectivity index (χ0n) is 19.2. The van der Waals surface area contributed by atoms with Gasteiger partial charge in [0, 0.05) is 17.2 Å². The molecule has 0 saturated heterocycles. The van der Waals surface area contributed by atoms with Gasteiger partial charge in [0.25, 0.3) is 0 Å². The monoisotopic (exact) mass is 510 g/mol. The number of aromatic nitrogens is 4. The number of benzene rings is 2. The van der Waals surface area contributed by atoms with Crippen molar-refractivity contribution in [2.75, 3.05) is 0 Å². The molecule has 11 heteroatoms. The highest BCUT2D eigenvalue weighted by molar-refractivity contribution is 5.66. The summed E-state index contributed by atoms with van der Waals surface area (Å²) >= 11 is 0. The molecule has 0 amide bonds. The van der Waals surface area contributed by atoms with Gasteiger partial charge in [-0.05, 0) is 49.4 Å². The van der Waals surface area contributed by atoms with Crippen molar-refractivity contribution in [3.8, 4) is 28.7 Å². The van der Waals surface area contributed by atoms with E-state index in [4.69, 9.17) is 13.6 Å². The number of hydrogen-bond acceptors (Lipinski definition) is 6. The number of aryl methyl sites for hydroxylation is 1. The minimum Gasteiger partial charge on any atom is -0.487 e. The van der Waals surface area contributed by atoms with E-state index in [1.807, 2.05) is 19.1 Å². The van der Waals surface area contributed by atoms with Crippen LogP contribution in [0.25, 0.3) is 35.1 Å². The first-order valence-electron chi connectivity index (χ1n) is 10.9. The largest absolute Gasteiger partial charge is 0.487 e. The topological polar surface area (TPSA) is 90.0 Å². The minimum atomic E-state index is -4.61. The molecular weight excluding hydrogens is 492 g/mol. The second-order valence-corrected chi connectivity index (χ2v) is 7.96. The molecule has 0 aliphatic rings. The van der Waals surface area contributed by atoms with Gasteiger partial charge in [-0.3, -0.25) is 0 Å². The Balaban J connectivity index is 1.20. The molecule has 0 saturated carbocycles. The summed E-state index contributed by atoms with van der Waals surface area (Å²) in [5, 5.41) is 0. The standard InChI is InChI=1S/C26H18F4N4O3/c1-15-24(22-11-31-14-32-22)37-25(33-15)17-3-7-20(8-4-17)35-12-19-13-36-23(34-19)9-5-16-2-6-18(10-21(16)27)26(28,29)30/h2-11,13-14H,12H2,1H3,(H,31,32). The summed E-state index contributed by atoms with van der Waals surface area (Å²) < 4.78 is 68.9. The fourth-order valence-corrected chi connectivity index (χ4v) is 3.47. The summed E-state index contributed by atoms with van der Waals surface area (Å²) in [5.74, 6) is 0.811. The molecule has 2 aromatic carbocycles. The number of imidazole rings is 1. The molecule has 0 spiro atoms. The van der Waals surface area contributed by atoms with Crippen molar-refractivity contribution in [1.29, 1.82) is 0 Å². The zero-order valence-corrected chi connectivity index (χ0v) is 19.2. The third-order valence-corrected chi connectivity index (χ3v) is 5.33. The number of hydrogen-bond donors (Lipinski definition) is 1. The van der Waals surface area contributed by atoms with Crippen LogP contribution in [0.2, 0.25) is 0 Å². The average Bonchev–Trinajstić information content (AvgIpc) is 3.63. The number of H-pyrrole nitrogens is 1. The lowest BCUT2D eigenvalue weighted by atomic mass is 10.1. The normalized spacial score (nSPS) is 11.9. The van der Waals surface area contributed by atoms with Crippen LogP contribution in [0.1, 0.15) is 28.4 Å². The molecule has 188 valence electrons. The van der Waals surface area contributed by atoms with Crippen molar-refractivity contribution in [1.82, 2.24) is 19.9 Å². The number of alkyl halides is 3. The van der Waals surface area contributed by atoms with Gasteiger partial charge in [-0.25, -0.2) is 19.3 Å². The van der Waals surface area contributed by atoms with E-state index in [-0.39, 0.29) is 18.1 Å². The van der Waals surface area contributed by atoms with Gasteiger partial charge in [-0.15, -0.1) is 0 Å². The lowest BCUT2D eigenvalue weighted by Gasteiger charge is -2.07. The number of aromatic amines is 1. The first kappa shape index (κ1) is 24.0. The molecule has 0 radical (unpaired) electrons. The van der Waals surface area contributed by atoms with Crippen LogP contribution in [-0.2, 0) is 12.8 Å². The van der Waals surface area contributed by atoms with E-state index in [1.165, 1.54) is 18.4 Å². The lowest BCUT2D eigenvalue weighted by Crippen LogP contribution is -2.05. The Morgan fingerprint density at radius 2 is 1.86 bits per heavy atom. The van der Waals surface area contributed by atoms with E-state index < -0.39 is 17.6 Å². The van der Waals surface area contributed by atoms with Crippen LogP contribution in [0, 0.1) is 12.7 Å². The Labute approximate surface area is 207 Å². The van der Waals surface area contributed by atoms with Gasteiger partial charge in [-0.2, -0.15) is 13.2 Å². The van der Waals surface area contributed by atoms with E-state index in [1.54, 1.807) is 24.7 Å². The smallest absolute Gasteiger partial charge is 0.416 e. The summed E-state index contributed by atoms with van der Waals surface area (Å²) in [7, 11) is 0.